The Morgan fingerprint density at radius 2 is 1.76 bits per heavy atom. The highest BCUT2D eigenvalue weighted by atomic mass is 16.5. The van der Waals surface area contributed by atoms with Gasteiger partial charge in [-0.15, -0.1) is 10.2 Å². The zero-order valence-corrected chi connectivity index (χ0v) is 19.7. The van der Waals surface area contributed by atoms with Crippen molar-refractivity contribution in [2.24, 2.45) is 5.41 Å². The van der Waals surface area contributed by atoms with Gasteiger partial charge in [-0.3, -0.25) is 4.79 Å². The Hall–Kier alpha value is -3.10. The maximum atomic E-state index is 12.8. The Morgan fingerprint density at radius 3 is 2.41 bits per heavy atom. The minimum atomic E-state index is -0.984. The fourth-order valence-electron chi connectivity index (χ4n) is 5.49. The van der Waals surface area contributed by atoms with Gasteiger partial charge in [-0.25, -0.2) is 4.79 Å². The van der Waals surface area contributed by atoms with Gasteiger partial charge in [0.2, 0.25) is 0 Å². The number of hydrogen-bond donors (Lipinski definition) is 2. The van der Waals surface area contributed by atoms with Crippen LogP contribution in [-0.2, 0) is 10.2 Å². The number of carboxylic acids is 1. The van der Waals surface area contributed by atoms with Crippen molar-refractivity contribution in [3.63, 3.8) is 0 Å². The SMILES string of the molecule is CC(C)(C(=O)O)c1cccc(OC2CN(C(=O)N3CC4(CC(c5nnc(C6CC6)[nH]5)C4)C3)C2)c1. The van der Waals surface area contributed by atoms with E-state index in [1.165, 1.54) is 12.8 Å². The number of nitrogens with zero attached hydrogens (tertiary/aromatic N) is 4. The van der Waals surface area contributed by atoms with Crippen molar-refractivity contribution in [2.45, 2.75) is 62.9 Å². The Balaban J connectivity index is 0.958. The van der Waals surface area contributed by atoms with Crippen molar-refractivity contribution in [1.29, 1.82) is 0 Å². The number of H-pyrrole nitrogens is 1. The lowest BCUT2D eigenvalue weighted by Crippen LogP contribution is -2.68. The number of likely N-dealkylation sites (tertiary alicyclic amines) is 2. The van der Waals surface area contributed by atoms with Gasteiger partial charge < -0.3 is 24.6 Å². The Kier molecular flexibility index (Phi) is 4.70. The molecule has 2 amide bonds. The number of amides is 2. The second kappa shape index (κ2) is 7.45. The van der Waals surface area contributed by atoms with Crippen molar-refractivity contribution < 1.29 is 19.4 Å². The molecule has 0 radical (unpaired) electrons. The van der Waals surface area contributed by atoms with Crippen LogP contribution in [0.5, 0.6) is 5.75 Å². The van der Waals surface area contributed by atoms with Crippen molar-refractivity contribution >= 4 is 12.0 Å². The normalized spacial score (nSPS) is 22.2. The van der Waals surface area contributed by atoms with Gasteiger partial charge in [0.1, 0.15) is 23.5 Å². The zero-order valence-electron chi connectivity index (χ0n) is 19.7. The van der Waals surface area contributed by atoms with Crippen molar-refractivity contribution in [3.8, 4) is 5.75 Å². The highest BCUT2D eigenvalue weighted by Gasteiger charge is 2.56. The first-order chi connectivity index (χ1) is 16.2. The molecule has 0 atom stereocenters. The molecule has 4 fully saturated rings. The van der Waals surface area contributed by atoms with Gasteiger partial charge in [0.25, 0.3) is 0 Å². The van der Waals surface area contributed by atoms with Gasteiger partial charge in [0.05, 0.1) is 18.5 Å². The van der Waals surface area contributed by atoms with E-state index < -0.39 is 11.4 Å². The van der Waals surface area contributed by atoms with Gasteiger partial charge in [0.15, 0.2) is 0 Å². The summed E-state index contributed by atoms with van der Waals surface area (Å²) >= 11 is 0. The third-order valence-electron chi connectivity index (χ3n) is 8.07. The first-order valence-corrected chi connectivity index (χ1v) is 12.2. The molecule has 2 saturated heterocycles. The smallest absolute Gasteiger partial charge is 0.320 e. The molecular formula is C25H31N5O4. The summed E-state index contributed by atoms with van der Waals surface area (Å²) in [4.78, 5) is 31.6. The lowest BCUT2D eigenvalue weighted by atomic mass is 9.57. The molecule has 180 valence electrons. The quantitative estimate of drug-likeness (QED) is 0.678. The number of carbonyl (C=O) groups excluding carboxylic acids is 1. The standard InChI is InChI=1S/C25H31N5O4/c1-24(2,22(31)32)17-4-3-5-18(8-17)34-19-11-29(12-19)23(33)30-13-25(14-30)9-16(10-25)21-26-20(27-28-21)15-6-7-15/h3-5,8,15-16,19H,6-7,9-14H2,1-2H3,(H,31,32)(H,26,27,28). The van der Waals surface area contributed by atoms with Gasteiger partial charge in [-0.2, -0.15) is 0 Å². The highest BCUT2D eigenvalue weighted by Crippen LogP contribution is 2.55. The van der Waals surface area contributed by atoms with E-state index >= 15 is 0 Å². The van der Waals surface area contributed by atoms with Crippen molar-refractivity contribution in [2.75, 3.05) is 26.2 Å². The number of ether oxygens (including phenoxy) is 1. The fraction of sp³-hybridized carbons (Fsp3) is 0.600. The summed E-state index contributed by atoms with van der Waals surface area (Å²) < 4.78 is 6.02. The van der Waals surface area contributed by atoms with Gasteiger partial charge >= 0.3 is 12.0 Å². The average molecular weight is 466 g/mol. The van der Waals surface area contributed by atoms with Crippen LogP contribution in [0.2, 0.25) is 0 Å². The van der Waals surface area contributed by atoms with Crippen LogP contribution in [0.15, 0.2) is 24.3 Å². The summed E-state index contributed by atoms with van der Waals surface area (Å²) in [5.74, 6) is 2.88. The molecule has 2 saturated carbocycles. The van der Waals surface area contributed by atoms with Crippen LogP contribution in [0.3, 0.4) is 0 Å². The number of hydrogen-bond acceptors (Lipinski definition) is 5. The summed E-state index contributed by atoms with van der Waals surface area (Å²) in [7, 11) is 0. The summed E-state index contributed by atoms with van der Waals surface area (Å²) in [6.07, 6.45) is 4.52. The molecule has 2 N–H and O–H groups in total. The maximum Gasteiger partial charge on any atom is 0.320 e. The number of urea groups is 1. The third-order valence-corrected chi connectivity index (χ3v) is 8.07. The van der Waals surface area contributed by atoms with Crippen LogP contribution in [0.1, 0.15) is 68.6 Å². The van der Waals surface area contributed by atoms with E-state index in [1.54, 1.807) is 26.0 Å². The largest absolute Gasteiger partial charge is 0.487 e. The molecule has 34 heavy (non-hydrogen) atoms. The predicted octanol–water partition coefficient (Wildman–Crippen LogP) is 3.11. The highest BCUT2D eigenvalue weighted by molar-refractivity contribution is 5.80. The fourth-order valence-corrected chi connectivity index (χ4v) is 5.49. The molecule has 9 nitrogen and oxygen atoms in total. The lowest BCUT2D eigenvalue weighted by molar-refractivity contribution is -0.142. The molecule has 3 heterocycles. The topological polar surface area (TPSA) is 112 Å². The maximum absolute atomic E-state index is 12.8. The summed E-state index contributed by atoms with van der Waals surface area (Å²) in [5.41, 5.74) is -0.0315. The minimum Gasteiger partial charge on any atom is -0.487 e. The second-order valence-corrected chi connectivity index (χ2v) is 11.2. The van der Waals surface area contributed by atoms with E-state index in [4.69, 9.17) is 4.74 Å². The average Bonchev–Trinajstić information content (AvgIpc) is 3.46. The van der Waals surface area contributed by atoms with Crippen LogP contribution in [0, 0.1) is 5.41 Å². The number of nitrogens with one attached hydrogen (secondary N) is 1. The molecule has 2 aliphatic carbocycles. The number of rotatable bonds is 6. The van der Waals surface area contributed by atoms with E-state index in [0.29, 0.717) is 36.2 Å². The number of aliphatic carboxylic acids is 1. The van der Waals surface area contributed by atoms with E-state index in [9.17, 15) is 14.7 Å². The first-order valence-electron chi connectivity index (χ1n) is 12.2. The molecule has 2 aromatic rings. The Bertz CT molecular complexity index is 1120. The van der Waals surface area contributed by atoms with Crippen LogP contribution >= 0.6 is 0 Å². The van der Waals surface area contributed by atoms with Gasteiger partial charge in [0, 0.05) is 30.3 Å². The van der Waals surface area contributed by atoms with Crippen LogP contribution < -0.4 is 4.74 Å². The van der Waals surface area contributed by atoms with E-state index in [2.05, 4.69) is 15.2 Å². The number of benzene rings is 1. The molecule has 1 aromatic heterocycles. The van der Waals surface area contributed by atoms with E-state index in [0.717, 1.165) is 37.6 Å². The van der Waals surface area contributed by atoms with E-state index in [-0.39, 0.29) is 17.6 Å². The third kappa shape index (κ3) is 3.61. The molecular weight excluding hydrogens is 434 g/mol. The van der Waals surface area contributed by atoms with Crippen molar-refractivity contribution in [1.82, 2.24) is 25.0 Å². The summed E-state index contributed by atoms with van der Waals surface area (Å²) in [5, 5.41) is 18.1. The Labute approximate surface area is 198 Å². The van der Waals surface area contributed by atoms with Gasteiger partial charge in [-0.05, 0) is 57.2 Å². The Morgan fingerprint density at radius 1 is 1.09 bits per heavy atom. The zero-order chi connectivity index (χ0) is 23.7. The molecule has 6 rings (SSSR count). The van der Waals surface area contributed by atoms with E-state index in [1.807, 2.05) is 21.9 Å². The molecule has 1 aromatic carbocycles. The number of aromatic nitrogens is 3. The molecule has 0 bridgehead atoms. The molecule has 9 heteroatoms. The van der Waals surface area contributed by atoms with Gasteiger partial charge in [-0.1, -0.05) is 12.1 Å². The minimum absolute atomic E-state index is 0.0671. The summed E-state index contributed by atoms with van der Waals surface area (Å²) in [6, 6.07) is 7.32. The number of aromatic amines is 1. The molecule has 0 unspecified atom stereocenters. The lowest BCUT2D eigenvalue weighted by Gasteiger charge is -2.59. The molecule has 2 aliphatic heterocycles. The predicted molar refractivity (Wildman–Crippen MR) is 123 cm³/mol. The monoisotopic (exact) mass is 465 g/mol. The number of carboxylic acid groups (broad SMARTS) is 1. The summed E-state index contributed by atoms with van der Waals surface area (Å²) in [6.45, 7) is 6.11. The molecule has 1 spiro atoms. The first kappa shape index (κ1) is 21.4. The number of carbonyl (C=O) groups is 2. The van der Waals surface area contributed by atoms with Crippen LogP contribution in [0.25, 0.3) is 0 Å². The van der Waals surface area contributed by atoms with Crippen molar-refractivity contribution in [3.05, 3.63) is 41.5 Å². The second-order valence-electron chi connectivity index (χ2n) is 11.2. The molecule has 4 aliphatic rings. The van der Waals surface area contributed by atoms with Crippen LogP contribution in [-0.4, -0.2) is 74.4 Å². The van der Waals surface area contributed by atoms with Crippen LogP contribution in [0.4, 0.5) is 4.79 Å².